The third kappa shape index (κ3) is 1.80. The van der Waals surface area contributed by atoms with Crippen LogP contribution in [0, 0.1) is 34.1 Å². The molecule has 0 saturated carbocycles. The number of hydrogen-bond donors (Lipinski definition) is 0. The minimum absolute atomic E-state index is 0.293. The van der Waals surface area contributed by atoms with Gasteiger partial charge in [-0.15, -0.1) is 0 Å². The van der Waals surface area contributed by atoms with Crippen molar-refractivity contribution >= 4 is 0 Å². The second-order valence-corrected chi connectivity index (χ2v) is 3.50. The number of nitriles is 3. The summed E-state index contributed by atoms with van der Waals surface area (Å²) in [5, 5.41) is 26.9. The van der Waals surface area contributed by atoms with Crippen LogP contribution in [-0.2, 0) is 0 Å². The molecule has 0 aliphatic carbocycles. The van der Waals surface area contributed by atoms with Gasteiger partial charge in [0.25, 0.3) is 0 Å². The molecule has 0 N–H and O–H groups in total. The zero-order valence-corrected chi connectivity index (χ0v) is 9.28. The van der Waals surface area contributed by atoms with Crippen LogP contribution >= 0.6 is 0 Å². The second-order valence-electron chi connectivity index (χ2n) is 3.50. The van der Waals surface area contributed by atoms with E-state index in [0.717, 1.165) is 5.56 Å². The van der Waals surface area contributed by atoms with Gasteiger partial charge in [0, 0.05) is 5.56 Å². The SMILES string of the molecule is N#CC(C#N)c1cnc(-c2ccccc2)n1C#N. The summed E-state index contributed by atoms with van der Waals surface area (Å²) in [5.74, 6) is -0.557. The van der Waals surface area contributed by atoms with Gasteiger partial charge in [-0.05, 0) is 0 Å². The first kappa shape index (κ1) is 11.4. The van der Waals surface area contributed by atoms with Crippen LogP contribution in [-0.4, -0.2) is 9.55 Å². The molecule has 0 bridgehead atoms. The van der Waals surface area contributed by atoms with Crippen molar-refractivity contribution in [3.05, 3.63) is 42.2 Å². The van der Waals surface area contributed by atoms with Crippen LogP contribution in [0.25, 0.3) is 11.4 Å². The van der Waals surface area contributed by atoms with Gasteiger partial charge in [-0.3, -0.25) is 0 Å². The van der Waals surface area contributed by atoms with E-state index in [1.165, 1.54) is 10.8 Å². The molecule has 2 aromatic rings. The lowest BCUT2D eigenvalue weighted by Crippen LogP contribution is -2.02. The predicted molar refractivity (Wildman–Crippen MR) is 62.6 cm³/mol. The fraction of sp³-hybridized carbons (Fsp3) is 0.0769. The van der Waals surface area contributed by atoms with Crippen molar-refractivity contribution in [2.24, 2.45) is 0 Å². The molecular formula is C13H7N5. The standard InChI is InChI=1S/C13H7N5/c14-6-11(7-15)12-8-17-13(18(12)9-16)10-4-2-1-3-5-10/h1-5,8,11H. The van der Waals surface area contributed by atoms with Crippen molar-refractivity contribution in [3.8, 4) is 29.7 Å². The second kappa shape index (κ2) is 4.82. The molecule has 18 heavy (non-hydrogen) atoms. The lowest BCUT2D eigenvalue weighted by Gasteiger charge is -2.02. The minimum atomic E-state index is -0.991. The normalized spacial score (nSPS) is 9.44. The van der Waals surface area contributed by atoms with E-state index in [1.54, 1.807) is 0 Å². The van der Waals surface area contributed by atoms with Crippen molar-refractivity contribution in [2.45, 2.75) is 5.92 Å². The first-order valence-electron chi connectivity index (χ1n) is 5.14. The Balaban J connectivity index is 2.58. The van der Waals surface area contributed by atoms with Gasteiger partial charge >= 0.3 is 0 Å². The minimum Gasteiger partial charge on any atom is -0.235 e. The summed E-state index contributed by atoms with van der Waals surface area (Å²) >= 11 is 0. The van der Waals surface area contributed by atoms with Crippen molar-refractivity contribution in [2.75, 3.05) is 0 Å². The highest BCUT2D eigenvalue weighted by Crippen LogP contribution is 2.22. The third-order valence-corrected chi connectivity index (χ3v) is 2.48. The Morgan fingerprint density at radius 3 is 2.28 bits per heavy atom. The van der Waals surface area contributed by atoms with E-state index in [1.807, 2.05) is 48.7 Å². The highest BCUT2D eigenvalue weighted by molar-refractivity contribution is 5.57. The summed E-state index contributed by atoms with van der Waals surface area (Å²) < 4.78 is 1.21. The van der Waals surface area contributed by atoms with Crippen molar-refractivity contribution < 1.29 is 0 Å². The zero-order chi connectivity index (χ0) is 13.0. The molecule has 0 spiro atoms. The molecule has 5 nitrogen and oxygen atoms in total. The Morgan fingerprint density at radius 2 is 1.72 bits per heavy atom. The fourth-order valence-electron chi connectivity index (χ4n) is 1.63. The summed E-state index contributed by atoms with van der Waals surface area (Å²) in [4.78, 5) is 4.11. The van der Waals surface area contributed by atoms with Crippen LogP contribution in [0.4, 0.5) is 0 Å². The smallest absolute Gasteiger partial charge is 0.190 e. The van der Waals surface area contributed by atoms with E-state index in [-0.39, 0.29) is 0 Å². The Kier molecular flexibility index (Phi) is 3.05. The van der Waals surface area contributed by atoms with E-state index in [9.17, 15) is 0 Å². The first-order valence-corrected chi connectivity index (χ1v) is 5.14. The van der Waals surface area contributed by atoms with Crippen LogP contribution in [0.5, 0.6) is 0 Å². The number of aromatic nitrogens is 2. The topological polar surface area (TPSA) is 89.2 Å². The van der Waals surface area contributed by atoms with E-state index in [4.69, 9.17) is 15.8 Å². The maximum absolute atomic E-state index is 9.14. The van der Waals surface area contributed by atoms with Gasteiger partial charge in [0.05, 0.1) is 24.0 Å². The number of benzene rings is 1. The number of nitrogens with zero attached hydrogens (tertiary/aromatic N) is 5. The highest BCUT2D eigenvalue weighted by Gasteiger charge is 2.19. The van der Waals surface area contributed by atoms with Gasteiger partial charge in [-0.2, -0.15) is 15.8 Å². The van der Waals surface area contributed by atoms with Gasteiger partial charge in [0.1, 0.15) is 0 Å². The van der Waals surface area contributed by atoms with Crippen molar-refractivity contribution in [1.82, 2.24) is 9.55 Å². The molecule has 0 aliphatic heterocycles. The maximum atomic E-state index is 9.14. The lowest BCUT2D eigenvalue weighted by molar-refractivity contribution is 0.941. The zero-order valence-electron chi connectivity index (χ0n) is 9.28. The van der Waals surface area contributed by atoms with E-state index >= 15 is 0 Å². The third-order valence-electron chi connectivity index (χ3n) is 2.48. The fourth-order valence-corrected chi connectivity index (χ4v) is 1.63. The number of rotatable bonds is 2. The Bertz CT molecular complexity index is 665. The molecule has 0 atom stereocenters. The molecule has 0 fully saturated rings. The maximum Gasteiger partial charge on any atom is 0.190 e. The van der Waals surface area contributed by atoms with Gasteiger partial charge in [-0.25, -0.2) is 9.55 Å². The monoisotopic (exact) mass is 233 g/mol. The molecule has 84 valence electrons. The molecule has 0 amide bonds. The summed E-state index contributed by atoms with van der Waals surface area (Å²) in [6.07, 6.45) is 3.34. The molecule has 0 saturated heterocycles. The van der Waals surface area contributed by atoms with Crippen LogP contribution in [0.15, 0.2) is 36.5 Å². The summed E-state index contributed by atoms with van der Waals surface area (Å²) in [6.45, 7) is 0. The van der Waals surface area contributed by atoms with E-state index in [0.29, 0.717) is 11.5 Å². The summed E-state index contributed by atoms with van der Waals surface area (Å²) in [7, 11) is 0. The average Bonchev–Trinajstić information content (AvgIpc) is 2.85. The average molecular weight is 233 g/mol. The lowest BCUT2D eigenvalue weighted by atomic mass is 10.1. The highest BCUT2D eigenvalue weighted by atomic mass is 15.1. The van der Waals surface area contributed by atoms with Crippen molar-refractivity contribution in [1.29, 1.82) is 15.8 Å². The predicted octanol–water partition coefficient (Wildman–Crippen LogP) is 2.01. The molecule has 0 radical (unpaired) electrons. The molecule has 1 heterocycles. The Morgan fingerprint density at radius 1 is 1.06 bits per heavy atom. The largest absolute Gasteiger partial charge is 0.235 e. The van der Waals surface area contributed by atoms with E-state index < -0.39 is 5.92 Å². The van der Waals surface area contributed by atoms with Crippen LogP contribution < -0.4 is 0 Å². The van der Waals surface area contributed by atoms with Gasteiger partial charge in [-0.1, -0.05) is 30.3 Å². The van der Waals surface area contributed by atoms with Gasteiger partial charge < -0.3 is 0 Å². The van der Waals surface area contributed by atoms with Crippen molar-refractivity contribution in [3.63, 3.8) is 0 Å². The van der Waals surface area contributed by atoms with E-state index in [2.05, 4.69) is 4.98 Å². The molecule has 1 aromatic carbocycles. The number of hydrogen-bond acceptors (Lipinski definition) is 4. The Labute approximate surface area is 104 Å². The van der Waals surface area contributed by atoms with Gasteiger partial charge in [0.15, 0.2) is 17.9 Å². The van der Waals surface area contributed by atoms with Crippen LogP contribution in [0.2, 0.25) is 0 Å². The molecule has 0 aliphatic rings. The molecule has 0 unspecified atom stereocenters. The van der Waals surface area contributed by atoms with Crippen LogP contribution in [0.3, 0.4) is 0 Å². The number of imidazole rings is 1. The molecule has 5 heteroatoms. The Hall–Kier alpha value is -3.10. The summed E-state index contributed by atoms with van der Waals surface area (Å²) in [5.41, 5.74) is 1.06. The molecule has 1 aromatic heterocycles. The quantitative estimate of drug-likeness (QED) is 0.793. The van der Waals surface area contributed by atoms with Crippen LogP contribution in [0.1, 0.15) is 11.6 Å². The van der Waals surface area contributed by atoms with Gasteiger partial charge in [0.2, 0.25) is 0 Å². The first-order chi connectivity index (χ1) is 8.81. The molecule has 2 rings (SSSR count). The summed E-state index contributed by atoms with van der Waals surface area (Å²) in [6, 6.07) is 12.8. The molecular weight excluding hydrogens is 226 g/mol.